The normalized spacial score (nSPS) is 10.3. The molecule has 5 heteroatoms. The Morgan fingerprint density at radius 1 is 1.23 bits per heavy atom. The lowest BCUT2D eigenvalue weighted by molar-refractivity contribution is -0.141. The molecule has 0 saturated carbocycles. The second-order valence-corrected chi connectivity index (χ2v) is 2.78. The molecule has 0 fully saturated rings. The van der Waals surface area contributed by atoms with Crippen LogP contribution in [0.3, 0.4) is 0 Å². The molecule has 0 aliphatic heterocycles. The fraction of sp³-hybridized carbons (Fsp3) is 0.375. The van der Waals surface area contributed by atoms with Crippen molar-refractivity contribution in [2.24, 2.45) is 0 Å². The van der Waals surface area contributed by atoms with Gasteiger partial charge in [0.25, 0.3) is 0 Å². The molecule has 0 amide bonds. The lowest BCUT2D eigenvalue weighted by Gasteiger charge is -2.03. The van der Waals surface area contributed by atoms with Gasteiger partial charge in [0.05, 0.1) is 0 Å². The van der Waals surface area contributed by atoms with Crippen molar-refractivity contribution in [3.63, 3.8) is 0 Å². The minimum atomic E-state index is -4.35. The van der Waals surface area contributed by atoms with Gasteiger partial charge in [0.15, 0.2) is 0 Å². The van der Waals surface area contributed by atoms with E-state index in [9.17, 15) is 13.2 Å². The first kappa shape index (κ1) is 12.4. The smallest absolute Gasteiger partial charge is 0.251 e. The van der Waals surface area contributed by atoms with E-state index in [1.807, 2.05) is 13.8 Å². The summed E-state index contributed by atoms with van der Waals surface area (Å²) >= 11 is 2.98. The molecule has 0 radical (unpaired) electrons. The van der Waals surface area contributed by atoms with Gasteiger partial charge in [-0.25, -0.2) is 0 Å². The zero-order chi connectivity index (χ0) is 10.5. The van der Waals surface area contributed by atoms with E-state index >= 15 is 0 Å². The Morgan fingerprint density at radius 3 is 2.08 bits per heavy atom. The van der Waals surface area contributed by atoms with Gasteiger partial charge in [-0.1, -0.05) is 13.8 Å². The molecule has 1 heterocycles. The molecule has 0 aliphatic carbocycles. The van der Waals surface area contributed by atoms with Crippen molar-refractivity contribution in [1.82, 2.24) is 4.98 Å². The SMILES string of the molecule is CC.FC(F)(F)c1ccc(Br)cn1. The molecule has 1 aromatic heterocycles. The van der Waals surface area contributed by atoms with Gasteiger partial charge in [0, 0.05) is 10.7 Å². The van der Waals surface area contributed by atoms with Crippen LogP contribution in [0.1, 0.15) is 19.5 Å². The van der Waals surface area contributed by atoms with E-state index < -0.39 is 11.9 Å². The van der Waals surface area contributed by atoms with Crippen molar-refractivity contribution in [3.05, 3.63) is 28.5 Å². The summed E-state index contributed by atoms with van der Waals surface area (Å²) in [5.41, 5.74) is -0.874. The summed E-state index contributed by atoms with van der Waals surface area (Å²) in [7, 11) is 0. The van der Waals surface area contributed by atoms with Gasteiger partial charge in [0.2, 0.25) is 0 Å². The lowest BCUT2D eigenvalue weighted by atomic mass is 10.3. The van der Waals surface area contributed by atoms with Crippen LogP contribution in [-0.2, 0) is 6.18 Å². The molecular formula is C8H9BrF3N. The predicted octanol–water partition coefficient (Wildman–Crippen LogP) is 3.89. The van der Waals surface area contributed by atoms with E-state index in [0.29, 0.717) is 4.47 Å². The van der Waals surface area contributed by atoms with Crippen molar-refractivity contribution in [2.75, 3.05) is 0 Å². The van der Waals surface area contributed by atoms with Crippen LogP contribution in [0.4, 0.5) is 13.2 Å². The number of nitrogens with zero attached hydrogens (tertiary/aromatic N) is 1. The second kappa shape index (κ2) is 5.21. The summed E-state index contributed by atoms with van der Waals surface area (Å²) in [6.07, 6.45) is -3.23. The van der Waals surface area contributed by atoms with Crippen LogP contribution >= 0.6 is 15.9 Å². The predicted molar refractivity (Wildman–Crippen MR) is 48.3 cm³/mol. The molecule has 0 unspecified atom stereocenters. The highest BCUT2D eigenvalue weighted by Crippen LogP contribution is 2.27. The summed E-state index contributed by atoms with van der Waals surface area (Å²) in [6.45, 7) is 4.00. The Hall–Kier alpha value is -0.580. The Kier molecular flexibility index (Phi) is 4.98. The highest BCUT2D eigenvalue weighted by atomic mass is 79.9. The molecule has 1 nitrogen and oxygen atoms in total. The van der Waals surface area contributed by atoms with Gasteiger partial charge in [-0.2, -0.15) is 13.2 Å². The molecule has 0 spiro atoms. The van der Waals surface area contributed by atoms with E-state index in [0.717, 1.165) is 12.3 Å². The molecule has 0 atom stereocenters. The topological polar surface area (TPSA) is 12.9 Å². The molecular weight excluding hydrogens is 247 g/mol. The summed E-state index contributed by atoms with van der Waals surface area (Å²) in [6, 6.07) is 2.22. The highest BCUT2D eigenvalue weighted by Gasteiger charge is 2.31. The summed E-state index contributed by atoms with van der Waals surface area (Å²) in [5.74, 6) is 0. The van der Waals surface area contributed by atoms with Gasteiger partial charge in [0.1, 0.15) is 5.69 Å². The first-order valence-corrected chi connectivity index (χ1v) is 4.48. The highest BCUT2D eigenvalue weighted by molar-refractivity contribution is 9.10. The van der Waals surface area contributed by atoms with Crippen molar-refractivity contribution in [2.45, 2.75) is 20.0 Å². The monoisotopic (exact) mass is 255 g/mol. The quantitative estimate of drug-likeness (QED) is 0.686. The Labute approximate surface area is 83.1 Å². The van der Waals surface area contributed by atoms with Crippen LogP contribution in [0.15, 0.2) is 22.8 Å². The molecule has 0 aromatic carbocycles. The summed E-state index contributed by atoms with van der Waals surface area (Å²) < 4.78 is 36.1. The Bertz CT molecular complexity index is 243. The van der Waals surface area contributed by atoms with E-state index in [-0.39, 0.29) is 0 Å². The second-order valence-electron chi connectivity index (χ2n) is 1.86. The number of alkyl halides is 3. The Balaban J connectivity index is 0.000000671. The molecule has 0 saturated heterocycles. The van der Waals surface area contributed by atoms with Crippen LogP contribution in [-0.4, -0.2) is 4.98 Å². The van der Waals surface area contributed by atoms with E-state index in [4.69, 9.17) is 0 Å². The van der Waals surface area contributed by atoms with Crippen LogP contribution < -0.4 is 0 Å². The van der Waals surface area contributed by atoms with Gasteiger partial charge in [-0.05, 0) is 28.1 Å². The van der Waals surface area contributed by atoms with Gasteiger partial charge in [-0.3, -0.25) is 4.98 Å². The molecule has 1 rings (SSSR count). The molecule has 13 heavy (non-hydrogen) atoms. The fourth-order valence-corrected chi connectivity index (χ4v) is 0.778. The third kappa shape index (κ3) is 4.26. The number of pyridine rings is 1. The molecule has 1 aromatic rings. The third-order valence-corrected chi connectivity index (χ3v) is 1.49. The number of hydrogen-bond acceptors (Lipinski definition) is 1. The van der Waals surface area contributed by atoms with E-state index in [1.54, 1.807) is 0 Å². The maximum absolute atomic E-state index is 11.8. The minimum absolute atomic E-state index is 0.533. The number of halogens is 4. The largest absolute Gasteiger partial charge is 0.433 e. The molecule has 0 aliphatic rings. The van der Waals surface area contributed by atoms with Crippen molar-refractivity contribution in [3.8, 4) is 0 Å². The average Bonchev–Trinajstić information content (AvgIpc) is 2.07. The molecule has 0 bridgehead atoms. The first-order chi connectivity index (χ1) is 6.00. The van der Waals surface area contributed by atoms with Crippen molar-refractivity contribution < 1.29 is 13.2 Å². The number of hydrogen-bond donors (Lipinski definition) is 0. The van der Waals surface area contributed by atoms with E-state index in [2.05, 4.69) is 20.9 Å². The third-order valence-electron chi connectivity index (χ3n) is 1.02. The maximum atomic E-state index is 11.8. The van der Waals surface area contributed by atoms with Gasteiger partial charge in [-0.15, -0.1) is 0 Å². The zero-order valence-corrected chi connectivity index (χ0v) is 8.78. The molecule has 74 valence electrons. The first-order valence-electron chi connectivity index (χ1n) is 3.69. The van der Waals surface area contributed by atoms with Crippen LogP contribution in [0.2, 0.25) is 0 Å². The minimum Gasteiger partial charge on any atom is -0.251 e. The number of aromatic nitrogens is 1. The summed E-state index contributed by atoms with van der Waals surface area (Å²) in [5, 5.41) is 0. The lowest BCUT2D eigenvalue weighted by Crippen LogP contribution is -2.06. The fourth-order valence-electron chi connectivity index (χ4n) is 0.544. The number of rotatable bonds is 0. The average molecular weight is 256 g/mol. The van der Waals surface area contributed by atoms with Crippen LogP contribution in [0.25, 0.3) is 0 Å². The van der Waals surface area contributed by atoms with Crippen molar-refractivity contribution in [1.29, 1.82) is 0 Å². The maximum Gasteiger partial charge on any atom is 0.433 e. The Morgan fingerprint density at radius 2 is 1.77 bits per heavy atom. The zero-order valence-electron chi connectivity index (χ0n) is 7.19. The molecule has 0 N–H and O–H groups in total. The summed E-state index contributed by atoms with van der Waals surface area (Å²) in [4.78, 5) is 3.18. The van der Waals surface area contributed by atoms with Gasteiger partial charge >= 0.3 is 6.18 Å². The van der Waals surface area contributed by atoms with Crippen LogP contribution in [0, 0.1) is 0 Å². The van der Waals surface area contributed by atoms with Crippen molar-refractivity contribution >= 4 is 15.9 Å². The van der Waals surface area contributed by atoms with E-state index in [1.165, 1.54) is 6.07 Å². The van der Waals surface area contributed by atoms with Crippen LogP contribution in [0.5, 0.6) is 0 Å². The van der Waals surface area contributed by atoms with Gasteiger partial charge < -0.3 is 0 Å². The standard InChI is InChI=1S/C6H3BrF3N.C2H6/c7-4-1-2-5(11-3-4)6(8,9)10;1-2/h1-3H;1-2H3.